The summed E-state index contributed by atoms with van der Waals surface area (Å²) in [4.78, 5) is 23.1. The number of hydrogen-bond donors (Lipinski definition) is 1. The normalized spacial score (nSPS) is 15.9. The number of imidazole rings is 1. The number of rotatable bonds is 4. The van der Waals surface area contributed by atoms with Crippen LogP contribution in [0.4, 0.5) is 0 Å². The lowest BCUT2D eigenvalue weighted by molar-refractivity contribution is 0.0383. The van der Waals surface area contributed by atoms with Crippen molar-refractivity contribution in [3.63, 3.8) is 0 Å². The van der Waals surface area contributed by atoms with Crippen molar-refractivity contribution in [3.05, 3.63) is 36.0 Å². The van der Waals surface area contributed by atoms with Crippen molar-refractivity contribution >= 4 is 11.2 Å². The van der Waals surface area contributed by atoms with Gasteiger partial charge in [0.05, 0.1) is 19.4 Å². The maximum Gasteiger partial charge on any atom is 0.181 e. The molecule has 0 bridgehead atoms. The van der Waals surface area contributed by atoms with E-state index in [1.807, 2.05) is 6.92 Å². The third-order valence-corrected chi connectivity index (χ3v) is 4.35. The van der Waals surface area contributed by atoms with Crippen molar-refractivity contribution in [1.82, 2.24) is 29.8 Å². The molecule has 3 aromatic heterocycles. The van der Waals surface area contributed by atoms with E-state index in [2.05, 4.69) is 37.0 Å². The van der Waals surface area contributed by atoms with Gasteiger partial charge in [-0.15, -0.1) is 0 Å². The standard InChI is InChI=1S/C17H20N6O/c1-12-14(16-21-15-10-18-11-19-17(15)22-16)3-2-13(20-12)4-5-23-6-8-24-9-7-23/h2-3,10-11H,4-9H2,1H3,(H,18,19,21,22). The van der Waals surface area contributed by atoms with Crippen molar-refractivity contribution in [2.75, 3.05) is 32.8 Å². The Bertz CT molecular complexity index is 807. The van der Waals surface area contributed by atoms with Crippen LogP contribution in [-0.4, -0.2) is 62.7 Å². The SMILES string of the molecule is Cc1nc(CCN2CCOCC2)ccc1-c1nc2ncncc2[nH]1. The first-order valence-electron chi connectivity index (χ1n) is 8.22. The second-order valence-corrected chi connectivity index (χ2v) is 5.99. The topological polar surface area (TPSA) is 79.8 Å². The highest BCUT2D eigenvalue weighted by Gasteiger charge is 2.12. The van der Waals surface area contributed by atoms with Gasteiger partial charge in [0.1, 0.15) is 17.7 Å². The van der Waals surface area contributed by atoms with Crippen LogP contribution < -0.4 is 0 Å². The van der Waals surface area contributed by atoms with Gasteiger partial charge in [-0.3, -0.25) is 9.88 Å². The number of nitrogens with one attached hydrogen (secondary N) is 1. The molecule has 3 aromatic rings. The minimum Gasteiger partial charge on any atom is -0.379 e. The Labute approximate surface area is 140 Å². The zero-order chi connectivity index (χ0) is 16.4. The van der Waals surface area contributed by atoms with E-state index in [4.69, 9.17) is 9.72 Å². The fourth-order valence-electron chi connectivity index (χ4n) is 2.99. The van der Waals surface area contributed by atoms with Crippen molar-refractivity contribution < 1.29 is 4.74 Å². The molecule has 0 aliphatic carbocycles. The smallest absolute Gasteiger partial charge is 0.181 e. The van der Waals surface area contributed by atoms with Crippen LogP contribution >= 0.6 is 0 Å². The second kappa shape index (κ2) is 6.62. The minimum atomic E-state index is 0.677. The molecule has 0 amide bonds. The van der Waals surface area contributed by atoms with Crippen molar-refractivity contribution in [3.8, 4) is 11.4 Å². The lowest BCUT2D eigenvalue weighted by Crippen LogP contribution is -2.37. The summed E-state index contributed by atoms with van der Waals surface area (Å²) in [6.07, 6.45) is 4.19. The number of fused-ring (bicyclic) bond motifs is 1. The predicted octanol–water partition coefficient (Wildman–Crippen LogP) is 1.60. The van der Waals surface area contributed by atoms with Crippen molar-refractivity contribution in [2.24, 2.45) is 0 Å². The quantitative estimate of drug-likeness (QED) is 0.785. The van der Waals surface area contributed by atoms with Gasteiger partial charge >= 0.3 is 0 Å². The van der Waals surface area contributed by atoms with Crippen LogP contribution in [0.2, 0.25) is 0 Å². The average molecular weight is 324 g/mol. The molecule has 1 N–H and O–H groups in total. The molecule has 7 nitrogen and oxygen atoms in total. The number of aryl methyl sites for hydroxylation is 1. The van der Waals surface area contributed by atoms with Gasteiger partial charge in [-0.2, -0.15) is 0 Å². The van der Waals surface area contributed by atoms with E-state index in [0.29, 0.717) is 5.65 Å². The largest absolute Gasteiger partial charge is 0.379 e. The molecule has 0 aromatic carbocycles. The lowest BCUT2D eigenvalue weighted by Gasteiger charge is -2.26. The molecule has 1 fully saturated rings. The minimum absolute atomic E-state index is 0.677. The fraction of sp³-hybridized carbons (Fsp3) is 0.412. The first kappa shape index (κ1) is 15.2. The number of H-pyrrole nitrogens is 1. The Hall–Kier alpha value is -2.38. The maximum absolute atomic E-state index is 5.38. The number of ether oxygens (including phenoxy) is 1. The predicted molar refractivity (Wildman–Crippen MR) is 90.6 cm³/mol. The van der Waals surface area contributed by atoms with Gasteiger partial charge in [0.25, 0.3) is 0 Å². The van der Waals surface area contributed by atoms with Crippen LogP contribution in [0.1, 0.15) is 11.4 Å². The molecule has 24 heavy (non-hydrogen) atoms. The third-order valence-electron chi connectivity index (χ3n) is 4.35. The van der Waals surface area contributed by atoms with E-state index >= 15 is 0 Å². The summed E-state index contributed by atoms with van der Waals surface area (Å²) < 4.78 is 5.38. The van der Waals surface area contributed by atoms with Gasteiger partial charge in [-0.25, -0.2) is 15.0 Å². The van der Waals surface area contributed by atoms with Gasteiger partial charge in [0.15, 0.2) is 5.65 Å². The van der Waals surface area contributed by atoms with E-state index in [1.165, 1.54) is 6.33 Å². The number of pyridine rings is 1. The van der Waals surface area contributed by atoms with Gasteiger partial charge in [-0.1, -0.05) is 0 Å². The first-order chi connectivity index (χ1) is 11.8. The number of aromatic amines is 1. The number of morpholine rings is 1. The number of aromatic nitrogens is 5. The molecule has 0 atom stereocenters. The lowest BCUT2D eigenvalue weighted by atomic mass is 10.1. The Morgan fingerprint density at radius 3 is 2.88 bits per heavy atom. The zero-order valence-electron chi connectivity index (χ0n) is 13.7. The van der Waals surface area contributed by atoms with E-state index in [-0.39, 0.29) is 0 Å². The summed E-state index contributed by atoms with van der Waals surface area (Å²) in [5, 5.41) is 0. The second-order valence-electron chi connectivity index (χ2n) is 5.99. The molecule has 4 heterocycles. The first-order valence-corrected chi connectivity index (χ1v) is 8.22. The van der Waals surface area contributed by atoms with Gasteiger partial charge in [0, 0.05) is 43.0 Å². The summed E-state index contributed by atoms with van der Waals surface area (Å²) in [5.74, 6) is 0.787. The zero-order valence-corrected chi connectivity index (χ0v) is 13.7. The van der Waals surface area contributed by atoms with Crippen LogP contribution in [0.3, 0.4) is 0 Å². The average Bonchev–Trinajstić information content (AvgIpc) is 3.04. The highest BCUT2D eigenvalue weighted by molar-refractivity contribution is 5.75. The number of nitrogens with zero attached hydrogens (tertiary/aromatic N) is 5. The number of hydrogen-bond acceptors (Lipinski definition) is 6. The molecule has 1 aliphatic rings. The molecular formula is C17H20N6O. The molecule has 0 spiro atoms. The Kier molecular flexibility index (Phi) is 4.18. The monoisotopic (exact) mass is 324 g/mol. The maximum atomic E-state index is 5.38. The van der Waals surface area contributed by atoms with Crippen molar-refractivity contribution in [2.45, 2.75) is 13.3 Å². The summed E-state index contributed by atoms with van der Waals surface area (Å²) in [6.45, 7) is 6.73. The molecule has 1 saturated heterocycles. The Morgan fingerprint density at radius 1 is 1.21 bits per heavy atom. The summed E-state index contributed by atoms with van der Waals surface area (Å²) >= 11 is 0. The Morgan fingerprint density at radius 2 is 2.08 bits per heavy atom. The van der Waals surface area contributed by atoms with Gasteiger partial charge in [-0.05, 0) is 19.1 Å². The Balaban J connectivity index is 1.51. The highest BCUT2D eigenvalue weighted by Crippen LogP contribution is 2.21. The van der Waals surface area contributed by atoms with Gasteiger partial charge < -0.3 is 9.72 Å². The summed E-state index contributed by atoms with van der Waals surface area (Å²) in [5.41, 5.74) is 4.60. The molecule has 0 saturated carbocycles. The highest BCUT2D eigenvalue weighted by atomic mass is 16.5. The molecule has 1 aliphatic heterocycles. The van der Waals surface area contributed by atoms with Gasteiger partial charge in [0.2, 0.25) is 0 Å². The molecule has 124 valence electrons. The van der Waals surface area contributed by atoms with E-state index < -0.39 is 0 Å². The summed E-state index contributed by atoms with van der Waals surface area (Å²) in [6, 6.07) is 4.17. The van der Waals surface area contributed by atoms with E-state index in [9.17, 15) is 0 Å². The van der Waals surface area contributed by atoms with Crippen LogP contribution in [-0.2, 0) is 11.2 Å². The van der Waals surface area contributed by atoms with Crippen LogP contribution in [0.5, 0.6) is 0 Å². The van der Waals surface area contributed by atoms with Crippen LogP contribution in [0, 0.1) is 6.92 Å². The molecular weight excluding hydrogens is 304 g/mol. The van der Waals surface area contributed by atoms with E-state index in [1.54, 1.807) is 6.20 Å². The third kappa shape index (κ3) is 3.13. The van der Waals surface area contributed by atoms with Crippen LogP contribution in [0.25, 0.3) is 22.6 Å². The van der Waals surface area contributed by atoms with E-state index in [0.717, 1.165) is 67.6 Å². The van der Waals surface area contributed by atoms with Crippen LogP contribution in [0.15, 0.2) is 24.7 Å². The fourth-order valence-corrected chi connectivity index (χ4v) is 2.99. The van der Waals surface area contributed by atoms with Crippen molar-refractivity contribution in [1.29, 1.82) is 0 Å². The molecule has 4 rings (SSSR count). The summed E-state index contributed by atoms with van der Waals surface area (Å²) in [7, 11) is 0. The molecule has 0 unspecified atom stereocenters. The molecule has 0 radical (unpaired) electrons. The molecule has 7 heteroatoms.